The zero-order chi connectivity index (χ0) is 22.6. The van der Waals surface area contributed by atoms with Crippen LogP contribution in [0, 0.1) is 0 Å². The Morgan fingerprint density at radius 3 is 0.688 bits per heavy atom. The monoisotopic (exact) mass is 480 g/mol. The van der Waals surface area contributed by atoms with E-state index in [2.05, 4.69) is 148 Å². The zero-order valence-electron chi connectivity index (χ0n) is 19.5. The average molecular weight is 481 g/mol. The van der Waals surface area contributed by atoms with E-state index >= 15 is 0 Å². The molecule has 0 spiro atoms. The van der Waals surface area contributed by atoms with Crippen LogP contribution < -0.4 is 20.7 Å². The van der Waals surface area contributed by atoms with Gasteiger partial charge in [0.1, 0.15) is 14.2 Å². The van der Waals surface area contributed by atoms with Gasteiger partial charge in [0.2, 0.25) is 0 Å². The molecule has 0 nitrogen and oxygen atoms in total. The SMILES string of the molecule is C[Si](C)[Si](c1ccccc1)(c1ccccc1)[Si](c1ccccc1)(c1ccccc1)[Si](C)C. The van der Waals surface area contributed by atoms with Gasteiger partial charge in [0.05, 0.1) is 0 Å². The van der Waals surface area contributed by atoms with E-state index in [1.807, 2.05) is 0 Å². The van der Waals surface area contributed by atoms with E-state index in [-0.39, 0.29) is 0 Å². The van der Waals surface area contributed by atoms with E-state index in [1.165, 1.54) is 0 Å². The first-order valence-electron chi connectivity index (χ1n) is 11.4. The minimum absolute atomic E-state index is 0.706. The summed E-state index contributed by atoms with van der Waals surface area (Å²) < 4.78 is 0. The molecule has 4 aromatic rings. The van der Waals surface area contributed by atoms with Crippen LogP contribution in [0.3, 0.4) is 0 Å². The van der Waals surface area contributed by atoms with E-state index < -0.39 is 30.8 Å². The lowest BCUT2D eigenvalue weighted by atomic mass is 10.4. The van der Waals surface area contributed by atoms with Crippen molar-refractivity contribution in [2.75, 3.05) is 0 Å². The molecule has 0 heterocycles. The quantitative estimate of drug-likeness (QED) is 0.347. The summed E-state index contributed by atoms with van der Waals surface area (Å²) in [4.78, 5) is 0. The number of rotatable bonds is 7. The molecule has 0 fully saturated rings. The van der Waals surface area contributed by atoms with Gasteiger partial charge in [-0.25, -0.2) is 0 Å². The molecule has 0 aromatic heterocycles. The van der Waals surface area contributed by atoms with Crippen molar-refractivity contribution in [3.05, 3.63) is 121 Å². The molecule has 0 unspecified atom stereocenters. The average Bonchev–Trinajstić information content (AvgIpc) is 2.84. The van der Waals surface area contributed by atoms with Crippen LogP contribution in [0.1, 0.15) is 0 Å². The second-order valence-electron chi connectivity index (χ2n) is 8.96. The maximum Gasteiger partial charge on any atom is 0.109 e. The lowest BCUT2D eigenvalue weighted by molar-refractivity contribution is 1.70. The Kier molecular flexibility index (Phi) is 6.95. The summed E-state index contributed by atoms with van der Waals surface area (Å²) in [5.74, 6) is 0. The molecule has 0 N–H and O–H groups in total. The Labute approximate surface area is 198 Å². The Hall–Kier alpha value is -2.25. The summed E-state index contributed by atoms with van der Waals surface area (Å²) in [7, 11) is -5.74. The summed E-state index contributed by atoms with van der Waals surface area (Å²) in [6, 6.07) is 46.7. The van der Waals surface area contributed by atoms with Crippen molar-refractivity contribution >= 4 is 51.6 Å². The van der Waals surface area contributed by atoms with Crippen LogP contribution in [-0.2, 0) is 0 Å². The van der Waals surface area contributed by atoms with E-state index in [0.717, 1.165) is 0 Å². The van der Waals surface area contributed by atoms with Crippen LogP contribution in [0.2, 0.25) is 26.2 Å². The van der Waals surface area contributed by atoms with Crippen molar-refractivity contribution in [3.8, 4) is 0 Å². The molecule has 0 amide bonds. The summed E-state index contributed by atoms with van der Waals surface area (Å²) in [5, 5.41) is 6.54. The van der Waals surface area contributed by atoms with Crippen LogP contribution >= 0.6 is 0 Å². The Bertz CT molecular complexity index is 939. The summed E-state index contributed by atoms with van der Waals surface area (Å²) in [6.45, 7) is 10.4. The molecule has 0 atom stereocenters. The van der Waals surface area contributed by atoms with Crippen molar-refractivity contribution in [1.82, 2.24) is 0 Å². The van der Waals surface area contributed by atoms with E-state index in [9.17, 15) is 0 Å². The lowest BCUT2D eigenvalue weighted by Gasteiger charge is -2.54. The number of hydrogen-bond donors (Lipinski definition) is 0. The predicted octanol–water partition coefficient (Wildman–Crippen LogP) is 4.26. The van der Waals surface area contributed by atoms with Crippen molar-refractivity contribution in [2.24, 2.45) is 0 Å². The normalized spacial score (nSPS) is 12.3. The van der Waals surface area contributed by atoms with Crippen LogP contribution in [0.25, 0.3) is 0 Å². The molecular formula is C28H32Si4. The van der Waals surface area contributed by atoms with E-state index in [1.54, 1.807) is 20.7 Å². The molecule has 0 aliphatic heterocycles. The fourth-order valence-corrected chi connectivity index (χ4v) is 67.7. The second-order valence-corrected chi connectivity index (χ2v) is 36.3. The first kappa shape index (κ1) is 22.9. The molecule has 2 radical (unpaired) electrons. The van der Waals surface area contributed by atoms with Crippen LogP contribution in [0.4, 0.5) is 0 Å². The molecular weight excluding hydrogens is 449 g/mol. The first-order valence-corrected chi connectivity index (χ1v) is 23.4. The molecule has 0 aliphatic carbocycles. The van der Waals surface area contributed by atoms with Gasteiger partial charge in [-0.15, -0.1) is 0 Å². The first-order chi connectivity index (χ1) is 15.6. The molecule has 32 heavy (non-hydrogen) atoms. The third-order valence-corrected chi connectivity index (χ3v) is 53.1. The third-order valence-electron chi connectivity index (χ3n) is 6.89. The maximum atomic E-state index is 2.61. The van der Waals surface area contributed by atoms with Gasteiger partial charge in [0.15, 0.2) is 0 Å². The molecule has 0 saturated carbocycles. The Morgan fingerprint density at radius 1 is 0.344 bits per heavy atom. The number of benzene rings is 4. The lowest BCUT2D eigenvalue weighted by Crippen LogP contribution is -2.94. The van der Waals surface area contributed by atoms with E-state index in [4.69, 9.17) is 0 Å². The highest BCUT2D eigenvalue weighted by Crippen LogP contribution is 2.26. The number of hydrogen-bond acceptors (Lipinski definition) is 0. The van der Waals surface area contributed by atoms with Gasteiger partial charge in [0.25, 0.3) is 0 Å². The predicted molar refractivity (Wildman–Crippen MR) is 151 cm³/mol. The standard InChI is InChI=1S/C28H32Si4/c1-29(2)31(25-17-9-5-10-18-25,26-19-11-6-12-20-26)32(30(3)4,27-21-13-7-14-22-27)28-23-15-8-16-24-28/h5-24H,1-4H3. The Balaban J connectivity index is 2.26. The minimum atomic E-state index is -2.16. The van der Waals surface area contributed by atoms with Gasteiger partial charge < -0.3 is 0 Å². The zero-order valence-corrected chi connectivity index (χ0v) is 23.5. The molecule has 0 bridgehead atoms. The molecule has 0 saturated heterocycles. The van der Waals surface area contributed by atoms with Crippen LogP contribution in [-0.4, -0.2) is 30.8 Å². The van der Waals surface area contributed by atoms with Crippen molar-refractivity contribution in [1.29, 1.82) is 0 Å². The Morgan fingerprint density at radius 2 is 0.531 bits per heavy atom. The summed E-state index contributed by atoms with van der Waals surface area (Å²) in [6.07, 6.45) is 0. The van der Waals surface area contributed by atoms with Crippen molar-refractivity contribution < 1.29 is 0 Å². The smallest absolute Gasteiger partial charge is 0.0729 e. The molecule has 160 valence electrons. The van der Waals surface area contributed by atoms with Crippen molar-refractivity contribution in [2.45, 2.75) is 26.2 Å². The largest absolute Gasteiger partial charge is 0.109 e. The van der Waals surface area contributed by atoms with Crippen molar-refractivity contribution in [3.63, 3.8) is 0 Å². The van der Waals surface area contributed by atoms with E-state index in [0.29, 0.717) is 0 Å². The summed E-state index contributed by atoms with van der Waals surface area (Å²) >= 11 is 0. The van der Waals surface area contributed by atoms with Crippen LogP contribution in [0.15, 0.2) is 121 Å². The fourth-order valence-electron chi connectivity index (χ4n) is 5.86. The highest BCUT2D eigenvalue weighted by molar-refractivity contribution is 7.90. The molecule has 4 aromatic carbocycles. The van der Waals surface area contributed by atoms with Gasteiger partial charge in [0, 0.05) is 16.6 Å². The fraction of sp³-hybridized carbons (Fsp3) is 0.143. The van der Waals surface area contributed by atoms with Crippen LogP contribution in [0.5, 0.6) is 0 Å². The van der Waals surface area contributed by atoms with Gasteiger partial charge in [-0.05, 0) is 0 Å². The third kappa shape index (κ3) is 3.55. The topological polar surface area (TPSA) is 0 Å². The second kappa shape index (κ2) is 9.71. The molecule has 4 heteroatoms. The highest BCUT2D eigenvalue weighted by atomic mass is 29.8. The minimum Gasteiger partial charge on any atom is -0.0729 e. The molecule has 0 aliphatic rings. The molecule has 4 rings (SSSR count). The highest BCUT2D eigenvalue weighted by Gasteiger charge is 2.62. The van der Waals surface area contributed by atoms with Gasteiger partial charge >= 0.3 is 0 Å². The van der Waals surface area contributed by atoms with Gasteiger partial charge in [-0.1, -0.05) is 168 Å². The maximum absolute atomic E-state index is 2.61. The van der Waals surface area contributed by atoms with Gasteiger partial charge in [-0.3, -0.25) is 0 Å². The van der Waals surface area contributed by atoms with Gasteiger partial charge in [-0.2, -0.15) is 0 Å². The summed E-state index contributed by atoms with van der Waals surface area (Å²) in [5.41, 5.74) is 0.